The monoisotopic (exact) mass is 216 g/mol. The molecule has 6 nitrogen and oxygen atoms in total. The van der Waals surface area contributed by atoms with Gasteiger partial charge in [-0.3, -0.25) is 10.1 Å². The number of hydrogen-bond donors (Lipinski definition) is 2. The third-order valence-electron chi connectivity index (χ3n) is 1.72. The zero-order chi connectivity index (χ0) is 10.7. The molecule has 0 saturated carbocycles. The average molecular weight is 217 g/mol. The molecule has 1 aromatic heterocycles. The van der Waals surface area contributed by atoms with Crippen LogP contribution < -0.4 is 11.5 Å². The van der Waals surface area contributed by atoms with Gasteiger partial charge >= 0.3 is 5.69 Å². The predicted molar refractivity (Wildman–Crippen MR) is 51.9 cm³/mol. The van der Waals surface area contributed by atoms with Crippen molar-refractivity contribution in [3.8, 4) is 0 Å². The summed E-state index contributed by atoms with van der Waals surface area (Å²) < 4.78 is 0. The van der Waals surface area contributed by atoms with Gasteiger partial charge in [0.15, 0.2) is 0 Å². The maximum atomic E-state index is 10.5. The highest BCUT2D eigenvalue weighted by atomic mass is 35.5. The van der Waals surface area contributed by atoms with E-state index in [2.05, 4.69) is 4.98 Å². The highest BCUT2D eigenvalue weighted by molar-refractivity contribution is 6.31. The molecule has 76 valence electrons. The minimum Gasteiger partial charge on any atom is -0.329 e. The van der Waals surface area contributed by atoms with Crippen molar-refractivity contribution in [3.05, 3.63) is 33.1 Å². The molecular formula is C7H9ClN4O2. The fraction of sp³-hybridized carbons (Fsp3) is 0.286. The Labute approximate surface area is 85.0 Å². The quantitative estimate of drug-likeness (QED) is 0.437. The lowest BCUT2D eigenvalue weighted by Crippen LogP contribution is -2.21. The number of nitrogens with two attached hydrogens (primary N) is 2. The number of nitrogens with zero attached hydrogens (tertiary/aromatic N) is 2. The molecule has 0 aliphatic rings. The molecule has 4 N–H and O–H groups in total. The highest BCUT2D eigenvalue weighted by Gasteiger charge is 2.16. The van der Waals surface area contributed by atoms with Crippen molar-refractivity contribution < 1.29 is 4.92 Å². The zero-order valence-corrected chi connectivity index (χ0v) is 7.94. The number of aromatic nitrogens is 1. The van der Waals surface area contributed by atoms with Crippen molar-refractivity contribution >= 4 is 17.3 Å². The van der Waals surface area contributed by atoms with Crippen molar-refractivity contribution in [1.29, 1.82) is 0 Å². The second-order valence-corrected chi connectivity index (χ2v) is 3.04. The van der Waals surface area contributed by atoms with E-state index in [0.717, 1.165) is 0 Å². The van der Waals surface area contributed by atoms with Crippen molar-refractivity contribution in [2.75, 3.05) is 6.54 Å². The smallest absolute Gasteiger partial charge is 0.306 e. The summed E-state index contributed by atoms with van der Waals surface area (Å²) in [5.41, 5.74) is 11.1. The van der Waals surface area contributed by atoms with Crippen molar-refractivity contribution in [3.63, 3.8) is 0 Å². The molecule has 14 heavy (non-hydrogen) atoms. The number of rotatable bonds is 3. The second kappa shape index (κ2) is 4.32. The zero-order valence-electron chi connectivity index (χ0n) is 7.18. The lowest BCUT2D eigenvalue weighted by atomic mass is 10.1. The summed E-state index contributed by atoms with van der Waals surface area (Å²) in [4.78, 5) is 13.5. The van der Waals surface area contributed by atoms with Crippen LogP contribution in [0.5, 0.6) is 0 Å². The average Bonchev–Trinajstić information content (AvgIpc) is 2.17. The van der Waals surface area contributed by atoms with Gasteiger partial charge in [0, 0.05) is 24.8 Å². The van der Waals surface area contributed by atoms with Gasteiger partial charge in [-0.15, -0.1) is 0 Å². The summed E-state index contributed by atoms with van der Waals surface area (Å²) in [7, 11) is 0. The molecule has 1 unspecified atom stereocenters. The molecule has 1 atom stereocenters. The van der Waals surface area contributed by atoms with E-state index in [0.29, 0.717) is 5.56 Å². The van der Waals surface area contributed by atoms with Gasteiger partial charge in [-0.1, -0.05) is 11.6 Å². The first kappa shape index (κ1) is 10.8. The van der Waals surface area contributed by atoms with Gasteiger partial charge in [-0.2, -0.15) is 0 Å². The Balaban J connectivity index is 3.12. The molecule has 0 aliphatic heterocycles. The minimum absolute atomic E-state index is 0.150. The Hall–Kier alpha value is -1.24. The third-order valence-corrected chi connectivity index (χ3v) is 2.01. The van der Waals surface area contributed by atoms with Gasteiger partial charge < -0.3 is 11.5 Å². The van der Waals surface area contributed by atoms with E-state index in [9.17, 15) is 10.1 Å². The van der Waals surface area contributed by atoms with Crippen LogP contribution in [0.1, 0.15) is 11.6 Å². The Bertz CT molecular complexity index is 358. The molecule has 1 rings (SSSR count). The summed E-state index contributed by atoms with van der Waals surface area (Å²) in [6, 6.07) is 0.825. The van der Waals surface area contributed by atoms with E-state index >= 15 is 0 Å². The highest BCUT2D eigenvalue weighted by Crippen LogP contribution is 2.24. The second-order valence-electron chi connectivity index (χ2n) is 2.68. The predicted octanol–water partition coefficient (Wildman–Crippen LogP) is 0.602. The minimum atomic E-state index is -0.609. The van der Waals surface area contributed by atoms with Crippen molar-refractivity contribution in [2.24, 2.45) is 11.5 Å². The van der Waals surface area contributed by atoms with Crippen LogP contribution in [-0.4, -0.2) is 16.5 Å². The number of pyridine rings is 1. The number of hydrogen-bond acceptors (Lipinski definition) is 5. The first-order valence-corrected chi connectivity index (χ1v) is 4.19. The Morgan fingerprint density at radius 3 is 2.86 bits per heavy atom. The van der Waals surface area contributed by atoms with E-state index in [1.807, 2.05) is 0 Å². The molecule has 7 heteroatoms. The molecule has 0 bridgehead atoms. The Morgan fingerprint density at radius 1 is 1.71 bits per heavy atom. The molecule has 0 fully saturated rings. The molecule has 1 aromatic rings. The summed E-state index contributed by atoms with van der Waals surface area (Å²) >= 11 is 5.51. The van der Waals surface area contributed by atoms with Crippen LogP contribution >= 0.6 is 11.6 Å². The van der Waals surface area contributed by atoms with Crippen LogP contribution in [0, 0.1) is 10.1 Å². The van der Waals surface area contributed by atoms with Gasteiger partial charge in [0.05, 0.1) is 4.92 Å². The van der Waals surface area contributed by atoms with Crippen LogP contribution in [-0.2, 0) is 0 Å². The molecule has 0 aromatic carbocycles. The van der Waals surface area contributed by atoms with Crippen molar-refractivity contribution in [1.82, 2.24) is 4.98 Å². The summed E-state index contributed by atoms with van der Waals surface area (Å²) in [5, 5.41) is 10.3. The molecular weight excluding hydrogens is 208 g/mol. The molecule has 0 amide bonds. The SMILES string of the molecule is NCC(N)c1cnc(Cl)c([N+](=O)[O-])c1. The lowest BCUT2D eigenvalue weighted by molar-refractivity contribution is -0.385. The van der Waals surface area contributed by atoms with E-state index in [-0.39, 0.29) is 17.4 Å². The molecule has 0 saturated heterocycles. The van der Waals surface area contributed by atoms with Gasteiger partial charge in [0.1, 0.15) is 0 Å². The van der Waals surface area contributed by atoms with E-state index < -0.39 is 11.0 Å². The van der Waals surface area contributed by atoms with Crippen LogP contribution in [0.3, 0.4) is 0 Å². The van der Waals surface area contributed by atoms with E-state index in [1.54, 1.807) is 0 Å². The van der Waals surface area contributed by atoms with Crippen LogP contribution in [0.2, 0.25) is 5.15 Å². The molecule has 1 heterocycles. The topological polar surface area (TPSA) is 108 Å². The largest absolute Gasteiger partial charge is 0.329 e. The maximum absolute atomic E-state index is 10.5. The molecule has 0 radical (unpaired) electrons. The van der Waals surface area contributed by atoms with Gasteiger partial charge in [-0.25, -0.2) is 4.98 Å². The third kappa shape index (κ3) is 2.16. The van der Waals surface area contributed by atoms with Crippen LogP contribution in [0.15, 0.2) is 12.3 Å². The Morgan fingerprint density at radius 2 is 2.36 bits per heavy atom. The number of nitro groups is 1. The van der Waals surface area contributed by atoms with Crippen LogP contribution in [0.25, 0.3) is 0 Å². The number of halogens is 1. The summed E-state index contributed by atoms with van der Waals surface area (Å²) in [6.45, 7) is 0.195. The van der Waals surface area contributed by atoms with Gasteiger partial charge in [-0.05, 0) is 5.56 Å². The fourth-order valence-corrected chi connectivity index (χ4v) is 1.09. The van der Waals surface area contributed by atoms with Gasteiger partial charge in [0.25, 0.3) is 0 Å². The molecule has 0 spiro atoms. The van der Waals surface area contributed by atoms with Crippen LogP contribution in [0.4, 0.5) is 5.69 Å². The fourth-order valence-electron chi connectivity index (χ4n) is 0.919. The first-order valence-electron chi connectivity index (χ1n) is 3.81. The normalized spacial score (nSPS) is 12.5. The lowest BCUT2D eigenvalue weighted by Gasteiger charge is -2.07. The Kier molecular flexibility index (Phi) is 3.34. The summed E-state index contributed by atoms with van der Waals surface area (Å²) in [6.07, 6.45) is 1.38. The van der Waals surface area contributed by atoms with E-state index in [1.165, 1.54) is 12.3 Å². The maximum Gasteiger partial charge on any atom is 0.306 e. The standard InChI is InChI=1S/C7H9ClN4O2/c8-7-6(12(13)14)1-4(3-11-7)5(10)2-9/h1,3,5H,2,9-10H2. The van der Waals surface area contributed by atoms with E-state index in [4.69, 9.17) is 23.1 Å². The first-order chi connectivity index (χ1) is 6.56. The van der Waals surface area contributed by atoms with Crippen molar-refractivity contribution in [2.45, 2.75) is 6.04 Å². The van der Waals surface area contributed by atoms with Gasteiger partial charge in [0.2, 0.25) is 5.15 Å². The molecule has 0 aliphatic carbocycles. The summed E-state index contributed by atoms with van der Waals surface area (Å²) in [5.74, 6) is 0.